The van der Waals surface area contributed by atoms with Crippen molar-refractivity contribution >= 4 is 9.53 Å². The van der Waals surface area contributed by atoms with Crippen LogP contribution in [0.15, 0.2) is 61.4 Å². The van der Waals surface area contributed by atoms with E-state index in [0.29, 0.717) is 23.7 Å². The molecule has 0 saturated carbocycles. The van der Waals surface area contributed by atoms with Crippen LogP contribution in [0.5, 0.6) is 0 Å². The molecule has 0 spiro atoms. The number of hydrogen-bond acceptors (Lipinski definition) is 0. The molecular weight excluding hydrogens is 530 g/mol. The standard InChI is InChI=1S/C27H36N2.C3H5.ClH.Pd/c1-18(2)22-11-9-12-23(19(3)4)26(22)28-15-16-29(17-28)27-24(20(5)6)13-10-14-25(27)21(7)8;1-3-2;;/h9-16,18-21H,1-8H3;3H,1-2H2;1H;/q;;;-1/p-1. The Morgan fingerprint density at radius 3 is 1.29 bits per heavy atom. The van der Waals surface area contributed by atoms with Gasteiger partial charge in [-0.3, -0.25) is 0 Å². The molecule has 0 N–H and O–H groups in total. The van der Waals surface area contributed by atoms with E-state index in [9.17, 15) is 0 Å². The molecule has 0 radical (unpaired) electrons. The van der Waals surface area contributed by atoms with Crippen molar-refractivity contribution in [1.29, 1.82) is 0 Å². The van der Waals surface area contributed by atoms with Gasteiger partial charge in [-0.05, 0) is 0 Å². The summed E-state index contributed by atoms with van der Waals surface area (Å²) in [7, 11) is 7.29. The van der Waals surface area contributed by atoms with Crippen LogP contribution in [-0.4, -0.2) is 9.13 Å². The van der Waals surface area contributed by atoms with Crippen LogP contribution in [0, 0.1) is 3.89 Å². The van der Waals surface area contributed by atoms with Crippen molar-refractivity contribution in [3.63, 3.8) is 0 Å². The van der Waals surface area contributed by atoms with Gasteiger partial charge in [-0.1, -0.05) is 0 Å². The summed E-state index contributed by atoms with van der Waals surface area (Å²) in [5, 5.41) is 0. The molecular formula is C30H41ClN2Pd-2. The molecule has 0 aliphatic heterocycles. The van der Waals surface area contributed by atoms with Gasteiger partial charge >= 0.3 is 217 Å². The van der Waals surface area contributed by atoms with Crippen molar-refractivity contribution in [3.8, 4) is 11.4 Å². The molecule has 1 aromatic heterocycles. The molecule has 34 heavy (non-hydrogen) atoms. The molecule has 0 aliphatic carbocycles. The van der Waals surface area contributed by atoms with Crippen LogP contribution < -0.4 is 0 Å². The van der Waals surface area contributed by atoms with Gasteiger partial charge in [0.15, 0.2) is 0 Å². The van der Waals surface area contributed by atoms with Crippen LogP contribution in [0.1, 0.15) is 101 Å². The predicted molar refractivity (Wildman–Crippen MR) is 146 cm³/mol. The van der Waals surface area contributed by atoms with E-state index >= 15 is 0 Å². The Morgan fingerprint density at radius 2 is 1.03 bits per heavy atom. The molecule has 2 nitrogen and oxygen atoms in total. The van der Waals surface area contributed by atoms with E-state index in [1.807, 2.05) is 6.08 Å². The van der Waals surface area contributed by atoms with Crippen LogP contribution in [-0.2, 0) is 15.3 Å². The second-order valence-corrected chi connectivity index (χ2v) is 14.4. The van der Waals surface area contributed by atoms with Crippen LogP contribution in [0.2, 0.25) is 4.89 Å². The molecule has 4 heteroatoms. The van der Waals surface area contributed by atoms with Crippen LogP contribution in [0.3, 0.4) is 0 Å². The number of imidazole rings is 1. The van der Waals surface area contributed by atoms with Crippen LogP contribution >= 0.6 is 9.53 Å². The average Bonchev–Trinajstić information content (AvgIpc) is 3.22. The summed E-state index contributed by atoms with van der Waals surface area (Å²) < 4.78 is 6.02. The molecule has 0 unspecified atom stereocenters. The molecule has 1 heterocycles. The monoisotopic (exact) mass is 570 g/mol. The quantitative estimate of drug-likeness (QED) is 0.188. The molecule has 190 valence electrons. The summed E-state index contributed by atoms with van der Waals surface area (Å²) in [5.41, 5.74) is 8.05. The number of aromatic nitrogens is 2. The van der Waals surface area contributed by atoms with E-state index in [2.05, 4.69) is 120 Å². The third-order valence-corrected chi connectivity index (χ3v) is 9.98. The van der Waals surface area contributed by atoms with Crippen molar-refractivity contribution in [2.45, 2.75) is 84.0 Å². The molecule has 0 saturated heterocycles. The van der Waals surface area contributed by atoms with E-state index in [1.54, 1.807) is 0 Å². The molecule has 0 atom stereocenters. The summed E-state index contributed by atoms with van der Waals surface area (Å²) in [5.74, 6) is 1.66. The Morgan fingerprint density at radius 1 is 0.706 bits per heavy atom. The summed E-state index contributed by atoms with van der Waals surface area (Å²) in [6.07, 6.45) is 6.46. The Hall–Kier alpha value is -1.66. The summed E-state index contributed by atoms with van der Waals surface area (Å²) in [4.78, 5) is 0.818. The number of benzene rings is 2. The minimum absolute atomic E-state index is 0.416. The Bertz CT molecular complexity index is 1090. The fourth-order valence-electron chi connectivity index (χ4n) is 4.57. The van der Waals surface area contributed by atoms with Gasteiger partial charge in [-0.2, -0.15) is 0 Å². The van der Waals surface area contributed by atoms with Gasteiger partial charge in [0.1, 0.15) is 0 Å². The van der Waals surface area contributed by atoms with Crippen molar-refractivity contribution < 1.29 is 15.3 Å². The van der Waals surface area contributed by atoms with Crippen LogP contribution in [0.4, 0.5) is 0 Å². The number of allylic oxidation sites excluding steroid dienone is 1. The number of halogens is 1. The maximum absolute atomic E-state index is 7.29. The summed E-state index contributed by atoms with van der Waals surface area (Å²) in [6, 6.07) is 13.5. The normalized spacial score (nSPS) is 12.3. The van der Waals surface area contributed by atoms with E-state index in [0.717, 1.165) is 4.89 Å². The fourth-order valence-corrected chi connectivity index (χ4v) is 7.73. The van der Waals surface area contributed by atoms with Crippen molar-refractivity contribution in [2.24, 2.45) is 0 Å². The third-order valence-electron chi connectivity index (χ3n) is 6.26. The van der Waals surface area contributed by atoms with E-state index in [4.69, 9.17) is 9.53 Å². The van der Waals surface area contributed by atoms with Gasteiger partial charge in [0.25, 0.3) is 0 Å². The van der Waals surface area contributed by atoms with Crippen molar-refractivity contribution in [1.82, 2.24) is 9.13 Å². The summed E-state index contributed by atoms with van der Waals surface area (Å²) in [6.45, 7) is 22.3. The zero-order chi connectivity index (χ0) is 25.2. The average molecular weight is 572 g/mol. The molecule has 2 aromatic carbocycles. The SMILES string of the molecule is C=C[CH2][Pd-2]([Cl])=[c]1n(-c2c(C(C)C)cccc2C(C)C)ccn1-c1c(C(C)C)cccc1C(C)C. The van der Waals surface area contributed by atoms with E-state index < -0.39 is 15.3 Å². The number of para-hydroxylation sites is 2. The third kappa shape index (κ3) is 5.28. The fraction of sp³-hybridized carbons (Fsp3) is 0.433. The summed E-state index contributed by atoms with van der Waals surface area (Å²) >= 11 is -1.59. The molecule has 3 rings (SSSR count). The van der Waals surface area contributed by atoms with Gasteiger partial charge in [-0.15, -0.1) is 0 Å². The first-order valence-electron chi connectivity index (χ1n) is 12.3. The molecule has 0 bridgehead atoms. The van der Waals surface area contributed by atoms with E-state index in [1.165, 1.54) is 37.5 Å². The Kier molecular flexibility index (Phi) is 9.02. The van der Waals surface area contributed by atoms with Crippen molar-refractivity contribution in [3.05, 3.63) is 87.6 Å². The molecule has 0 fully saturated rings. The first kappa shape index (κ1) is 26.9. The molecule has 3 aromatic rings. The molecule has 0 amide bonds. The first-order valence-corrected chi connectivity index (χ1v) is 16.2. The topological polar surface area (TPSA) is 9.86 Å². The van der Waals surface area contributed by atoms with Gasteiger partial charge in [0, 0.05) is 0 Å². The van der Waals surface area contributed by atoms with Crippen molar-refractivity contribution in [2.75, 3.05) is 0 Å². The van der Waals surface area contributed by atoms with Gasteiger partial charge < -0.3 is 0 Å². The zero-order valence-corrected chi connectivity index (χ0v) is 24.3. The number of hydrogen-bond donors (Lipinski definition) is 0. The number of rotatable bonds is 8. The Labute approximate surface area is 216 Å². The molecule has 0 aliphatic rings. The van der Waals surface area contributed by atoms with Gasteiger partial charge in [-0.25, -0.2) is 0 Å². The first-order chi connectivity index (χ1) is 16.1. The second-order valence-electron chi connectivity index (χ2n) is 10.1. The van der Waals surface area contributed by atoms with Crippen LogP contribution in [0.25, 0.3) is 11.4 Å². The van der Waals surface area contributed by atoms with Gasteiger partial charge in [0.2, 0.25) is 0 Å². The number of nitrogens with zero attached hydrogens (tertiary/aromatic N) is 2. The second kappa shape index (κ2) is 11.4. The zero-order valence-electron chi connectivity index (χ0n) is 22.0. The minimum atomic E-state index is -1.59. The van der Waals surface area contributed by atoms with Gasteiger partial charge in [0.05, 0.1) is 0 Å². The predicted octanol–water partition coefficient (Wildman–Crippen LogP) is 9.67. The Balaban J connectivity index is 2.53. The van der Waals surface area contributed by atoms with E-state index in [-0.39, 0.29) is 0 Å². The maximum atomic E-state index is 7.29.